The second kappa shape index (κ2) is 5.90. The van der Waals surface area contributed by atoms with E-state index in [1.54, 1.807) is 12.1 Å². The monoisotopic (exact) mass is 343 g/mol. The van der Waals surface area contributed by atoms with Crippen molar-refractivity contribution in [3.05, 3.63) is 57.3 Å². The van der Waals surface area contributed by atoms with Crippen LogP contribution in [-0.4, -0.2) is 0 Å². The highest BCUT2D eigenvalue weighted by Crippen LogP contribution is 2.34. The number of hydrogen-bond donors (Lipinski definition) is 1. The highest BCUT2D eigenvalue weighted by atomic mass is 79.9. The van der Waals surface area contributed by atoms with Crippen molar-refractivity contribution in [3.8, 4) is 11.5 Å². The van der Waals surface area contributed by atoms with Crippen molar-refractivity contribution in [3.63, 3.8) is 0 Å². The third-order valence-corrected chi connectivity index (χ3v) is 3.53. The number of nitrogens with two attached hydrogens (primary N) is 1. The Morgan fingerprint density at radius 1 is 1.26 bits per heavy atom. The van der Waals surface area contributed by atoms with E-state index in [0.717, 1.165) is 5.56 Å². The summed E-state index contributed by atoms with van der Waals surface area (Å²) in [5.74, 6) is 0.0136. The fraction of sp³-hybridized carbons (Fsp3) is 0.143. The molecule has 0 bridgehead atoms. The molecule has 0 aromatic heterocycles. The van der Waals surface area contributed by atoms with Crippen molar-refractivity contribution in [2.75, 3.05) is 0 Å². The van der Waals surface area contributed by atoms with E-state index in [9.17, 15) is 4.39 Å². The van der Waals surface area contributed by atoms with Gasteiger partial charge in [0.1, 0.15) is 5.75 Å². The molecule has 0 aliphatic rings. The van der Waals surface area contributed by atoms with E-state index in [1.807, 2.05) is 19.1 Å². The van der Waals surface area contributed by atoms with E-state index in [-0.39, 0.29) is 16.8 Å². The SMILES string of the molecule is C[C@H](N)c1ccc(Oc2cccc(Cl)c2F)c(Br)c1. The van der Waals surface area contributed by atoms with E-state index >= 15 is 0 Å². The van der Waals surface area contributed by atoms with Gasteiger partial charge in [0.15, 0.2) is 11.6 Å². The van der Waals surface area contributed by atoms with Crippen LogP contribution in [0, 0.1) is 5.82 Å². The summed E-state index contributed by atoms with van der Waals surface area (Å²) in [5.41, 5.74) is 6.75. The first-order valence-electron chi connectivity index (χ1n) is 5.66. The Kier molecular flexibility index (Phi) is 4.45. The first-order valence-corrected chi connectivity index (χ1v) is 6.83. The minimum Gasteiger partial charge on any atom is -0.453 e. The van der Waals surface area contributed by atoms with Crippen molar-refractivity contribution >= 4 is 27.5 Å². The van der Waals surface area contributed by atoms with Gasteiger partial charge in [0.05, 0.1) is 9.50 Å². The van der Waals surface area contributed by atoms with E-state index in [0.29, 0.717) is 10.2 Å². The number of halogens is 3. The minimum atomic E-state index is -0.577. The van der Waals surface area contributed by atoms with Gasteiger partial charge in [-0.1, -0.05) is 23.7 Å². The molecule has 5 heteroatoms. The first kappa shape index (κ1) is 14.3. The Morgan fingerprint density at radius 2 is 2.00 bits per heavy atom. The lowest BCUT2D eigenvalue weighted by Gasteiger charge is -2.12. The van der Waals surface area contributed by atoms with E-state index in [2.05, 4.69) is 15.9 Å². The molecular formula is C14H12BrClFNO. The zero-order valence-corrected chi connectivity index (χ0v) is 12.5. The number of benzene rings is 2. The van der Waals surface area contributed by atoms with Crippen LogP contribution in [0.4, 0.5) is 4.39 Å². The molecule has 0 amide bonds. The minimum absolute atomic E-state index is 0.0285. The number of rotatable bonds is 3. The third-order valence-electron chi connectivity index (χ3n) is 2.62. The van der Waals surface area contributed by atoms with Crippen LogP contribution >= 0.6 is 27.5 Å². The molecule has 0 fully saturated rings. The quantitative estimate of drug-likeness (QED) is 0.845. The van der Waals surface area contributed by atoms with Crippen LogP contribution in [0.5, 0.6) is 11.5 Å². The van der Waals surface area contributed by atoms with Gasteiger partial charge in [-0.25, -0.2) is 4.39 Å². The van der Waals surface area contributed by atoms with Gasteiger partial charge < -0.3 is 10.5 Å². The van der Waals surface area contributed by atoms with Crippen LogP contribution in [-0.2, 0) is 0 Å². The van der Waals surface area contributed by atoms with Gasteiger partial charge in [0.2, 0.25) is 0 Å². The molecule has 2 aromatic carbocycles. The van der Waals surface area contributed by atoms with Crippen LogP contribution in [0.25, 0.3) is 0 Å². The molecule has 0 spiro atoms. The second-order valence-electron chi connectivity index (χ2n) is 4.13. The van der Waals surface area contributed by atoms with Crippen molar-refractivity contribution in [1.29, 1.82) is 0 Å². The lowest BCUT2D eigenvalue weighted by molar-refractivity contribution is 0.440. The summed E-state index contributed by atoms with van der Waals surface area (Å²) in [4.78, 5) is 0. The van der Waals surface area contributed by atoms with Gasteiger partial charge >= 0.3 is 0 Å². The Hall–Kier alpha value is -1.10. The molecule has 0 radical (unpaired) electrons. The van der Waals surface area contributed by atoms with Crippen LogP contribution < -0.4 is 10.5 Å². The maximum absolute atomic E-state index is 13.7. The number of ether oxygens (including phenoxy) is 1. The summed E-state index contributed by atoms with van der Waals surface area (Å²) in [6.45, 7) is 1.89. The van der Waals surface area contributed by atoms with Crippen molar-refractivity contribution < 1.29 is 9.13 Å². The molecule has 0 heterocycles. The van der Waals surface area contributed by atoms with Crippen LogP contribution in [0.1, 0.15) is 18.5 Å². The molecule has 2 N–H and O–H groups in total. The smallest absolute Gasteiger partial charge is 0.184 e. The molecule has 1 atom stereocenters. The van der Waals surface area contributed by atoms with Gasteiger partial charge in [0.25, 0.3) is 0 Å². The standard InChI is InChI=1S/C14H12BrClFNO/c1-8(18)9-5-6-12(10(15)7-9)19-13-4-2-3-11(16)14(13)17/h2-8H,18H2,1H3/t8-/m0/s1. The fourth-order valence-electron chi connectivity index (χ4n) is 1.56. The van der Waals surface area contributed by atoms with Gasteiger partial charge in [-0.15, -0.1) is 0 Å². The van der Waals surface area contributed by atoms with E-state index < -0.39 is 5.82 Å². The van der Waals surface area contributed by atoms with E-state index in [1.165, 1.54) is 12.1 Å². The normalized spacial score (nSPS) is 12.3. The van der Waals surface area contributed by atoms with Crippen molar-refractivity contribution in [1.82, 2.24) is 0 Å². The molecule has 19 heavy (non-hydrogen) atoms. The Bertz CT molecular complexity index is 604. The second-order valence-corrected chi connectivity index (χ2v) is 5.39. The van der Waals surface area contributed by atoms with Crippen LogP contribution in [0.3, 0.4) is 0 Å². The number of hydrogen-bond acceptors (Lipinski definition) is 2. The van der Waals surface area contributed by atoms with Crippen molar-refractivity contribution in [2.45, 2.75) is 13.0 Å². The summed E-state index contributed by atoms with van der Waals surface area (Å²) in [6.07, 6.45) is 0. The predicted octanol–water partition coefficient (Wildman–Crippen LogP) is 5.05. The lowest BCUT2D eigenvalue weighted by atomic mass is 10.1. The molecular weight excluding hydrogens is 333 g/mol. The zero-order valence-electron chi connectivity index (χ0n) is 10.2. The fourth-order valence-corrected chi connectivity index (χ4v) is 2.21. The molecule has 2 nitrogen and oxygen atoms in total. The largest absolute Gasteiger partial charge is 0.453 e. The van der Waals surface area contributed by atoms with Crippen LogP contribution in [0.15, 0.2) is 40.9 Å². The van der Waals surface area contributed by atoms with Gasteiger partial charge in [0, 0.05) is 6.04 Å². The maximum atomic E-state index is 13.7. The molecule has 0 aliphatic carbocycles. The van der Waals surface area contributed by atoms with Crippen LogP contribution in [0.2, 0.25) is 5.02 Å². The van der Waals surface area contributed by atoms with Gasteiger partial charge in [-0.05, 0) is 52.7 Å². The lowest BCUT2D eigenvalue weighted by Crippen LogP contribution is -2.04. The summed E-state index contributed by atoms with van der Waals surface area (Å²) >= 11 is 9.08. The zero-order chi connectivity index (χ0) is 14.0. The van der Waals surface area contributed by atoms with Gasteiger partial charge in [-0.2, -0.15) is 0 Å². The molecule has 0 saturated heterocycles. The Labute approximate surface area is 124 Å². The van der Waals surface area contributed by atoms with E-state index in [4.69, 9.17) is 22.1 Å². The third kappa shape index (κ3) is 3.26. The molecule has 0 aliphatic heterocycles. The summed E-state index contributed by atoms with van der Waals surface area (Å²) < 4.78 is 20.0. The van der Waals surface area contributed by atoms with Crippen molar-refractivity contribution in [2.24, 2.45) is 5.73 Å². The average molecular weight is 345 g/mol. The Balaban J connectivity index is 2.31. The average Bonchev–Trinajstić information content (AvgIpc) is 2.37. The highest BCUT2D eigenvalue weighted by Gasteiger charge is 2.11. The Morgan fingerprint density at radius 3 is 2.63 bits per heavy atom. The molecule has 0 saturated carbocycles. The maximum Gasteiger partial charge on any atom is 0.184 e. The summed E-state index contributed by atoms with van der Waals surface area (Å²) in [6, 6.07) is 9.97. The summed E-state index contributed by atoms with van der Waals surface area (Å²) in [5, 5.41) is 0.0285. The molecule has 0 unspecified atom stereocenters. The molecule has 2 aromatic rings. The summed E-state index contributed by atoms with van der Waals surface area (Å²) in [7, 11) is 0. The topological polar surface area (TPSA) is 35.2 Å². The molecule has 100 valence electrons. The van der Waals surface area contributed by atoms with Gasteiger partial charge in [-0.3, -0.25) is 0 Å². The molecule has 2 rings (SSSR count). The predicted molar refractivity (Wildman–Crippen MR) is 78.2 cm³/mol. The first-order chi connectivity index (χ1) is 8.99. The highest BCUT2D eigenvalue weighted by molar-refractivity contribution is 9.10.